The fraction of sp³-hybridized carbons (Fsp3) is 1.00. The van der Waals surface area contributed by atoms with E-state index in [1.165, 1.54) is 12.8 Å². The quantitative estimate of drug-likeness (QED) is 0.454. The Morgan fingerprint density at radius 2 is 2.18 bits per heavy atom. The molecule has 0 amide bonds. The molecule has 64 valence electrons. The standard InChI is InChI=1S/C8H16N2O/c11-10-6-2-3-7-8(10)4-1-5-9-7/h7-10H,1-6H2. The van der Waals surface area contributed by atoms with E-state index < -0.39 is 0 Å². The van der Waals surface area contributed by atoms with Crippen molar-refractivity contribution >= 4 is 0 Å². The predicted octanol–water partition coefficient (Wildman–Crippen LogP) is -0.716. The number of quaternary nitrogens is 1. The molecule has 0 spiro atoms. The van der Waals surface area contributed by atoms with Gasteiger partial charge in [0.25, 0.3) is 0 Å². The van der Waals surface area contributed by atoms with Crippen molar-refractivity contribution in [2.75, 3.05) is 13.1 Å². The lowest BCUT2D eigenvalue weighted by Gasteiger charge is -2.43. The number of rotatable bonds is 0. The summed E-state index contributed by atoms with van der Waals surface area (Å²) in [4.78, 5) is 0. The van der Waals surface area contributed by atoms with Gasteiger partial charge in [-0.2, -0.15) is 0 Å². The van der Waals surface area contributed by atoms with Crippen molar-refractivity contribution in [1.29, 1.82) is 0 Å². The maximum atomic E-state index is 11.4. The van der Waals surface area contributed by atoms with Crippen LogP contribution in [-0.2, 0) is 0 Å². The second-order valence-corrected chi connectivity index (χ2v) is 3.67. The SMILES string of the molecule is [O-][NH+]1CCCC2NCCCC21. The van der Waals surface area contributed by atoms with Gasteiger partial charge < -0.3 is 15.6 Å². The summed E-state index contributed by atoms with van der Waals surface area (Å²) in [6.07, 6.45) is 4.65. The van der Waals surface area contributed by atoms with E-state index in [1.54, 1.807) is 0 Å². The van der Waals surface area contributed by atoms with E-state index in [9.17, 15) is 5.21 Å². The lowest BCUT2D eigenvalue weighted by Crippen LogP contribution is -3.14. The predicted molar refractivity (Wildman–Crippen MR) is 43.2 cm³/mol. The third-order valence-electron chi connectivity index (χ3n) is 2.94. The van der Waals surface area contributed by atoms with Gasteiger partial charge >= 0.3 is 0 Å². The van der Waals surface area contributed by atoms with Crippen LogP contribution in [0.3, 0.4) is 0 Å². The largest absolute Gasteiger partial charge is 0.634 e. The summed E-state index contributed by atoms with van der Waals surface area (Å²) < 4.78 is 0. The molecule has 3 heteroatoms. The molecule has 0 aromatic carbocycles. The lowest BCUT2D eigenvalue weighted by atomic mass is 9.91. The normalized spacial score (nSPS) is 45.0. The van der Waals surface area contributed by atoms with Crippen molar-refractivity contribution in [3.63, 3.8) is 0 Å². The van der Waals surface area contributed by atoms with E-state index in [-0.39, 0.29) is 0 Å². The highest BCUT2D eigenvalue weighted by atomic mass is 16.5. The van der Waals surface area contributed by atoms with E-state index in [0.717, 1.165) is 25.9 Å². The summed E-state index contributed by atoms with van der Waals surface area (Å²) >= 11 is 0. The van der Waals surface area contributed by atoms with Crippen LogP contribution in [0.2, 0.25) is 0 Å². The molecule has 0 aliphatic carbocycles. The first-order valence-electron chi connectivity index (χ1n) is 4.64. The van der Waals surface area contributed by atoms with Crippen LogP contribution in [0, 0.1) is 5.21 Å². The van der Waals surface area contributed by atoms with Gasteiger partial charge in [-0.1, -0.05) is 0 Å². The first kappa shape index (κ1) is 7.53. The fourth-order valence-corrected chi connectivity index (χ4v) is 2.32. The van der Waals surface area contributed by atoms with Gasteiger partial charge in [0.1, 0.15) is 6.04 Å². The third kappa shape index (κ3) is 1.41. The van der Waals surface area contributed by atoms with Gasteiger partial charge in [0.15, 0.2) is 0 Å². The van der Waals surface area contributed by atoms with Gasteiger partial charge in [-0.05, 0) is 25.8 Å². The first-order valence-corrected chi connectivity index (χ1v) is 4.64. The van der Waals surface area contributed by atoms with Crippen LogP contribution in [0.15, 0.2) is 0 Å². The Morgan fingerprint density at radius 3 is 3.00 bits per heavy atom. The van der Waals surface area contributed by atoms with Crippen molar-refractivity contribution in [3.8, 4) is 0 Å². The Morgan fingerprint density at radius 1 is 1.27 bits per heavy atom. The first-order chi connectivity index (χ1) is 5.38. The number of hydrogen-bond donors (Lipinski definition) is 2. The number of nitrogens with one attached hydrogen (secondary N) is 2. The summed E-state index contributed by atoms with van der Waals surface area (Å²) in [7, 11) is 0. The van der Waals surface area contributed by atoms with Crippen LogP contribution >= 0.6 is 0 Å². The molecule has 0 bridgehead atoms. The second kappa shape index (κ2) is 3.09. The molecule has 0 aromatic rings. The minimum atomic E-state index is 0.373. The van der Waals surface area contributed by atoms with E-state index >= 15 is 0 Å². The minimum Gasteiger partial charge on any atom is -0.634 e. The summed E-state index contributed by atoms with van der Waals surface area (Å²) in [5, 5.41) is 15.3. The molecular weight excluding hydrogens is 140 g/mol. The fourth-order valence-electron chi connectivity index (χ4n) is 2.32. The van der Waals surface area contributed by atoms with Gasteiger partial charge in [-0.3, -0.25) is 0 Å². The van der Waals surface area contributed by atoms with Crippen LogP contribution in [0.25, 0.3) is 0 Å². The Balaban J connectivity index is 1.99. The van der Waals surface area contributed by atoms with Crippen molar-refractivity contribution in [1.82, 2.24) is 5.32 Å². The zero-order valence-corrected chi connectivity index (χ0v) is 6.81. The zero-order valence-electron chi connectivity index (χ0n) is 6.81. The molecule has 2 aliphatic rings. The lowest BCUT2D eigenvalue weighted by molar-refractivity contribution is -0.884. The maximum absolute atomic E-state index is 11.4. The summed E-state index contributed by atoms with van der Waals surface area (Å²) in [5.74, 6) is 0. The highest BCUT2D eigenvalue weighted by Crippen LogP contribution is 2.13. The maximum Gasteiger partial charge on any atom is 0.103 e. The molecule has 0 aromatic heterocycles. The van der Waals surface area contributed by atoms with E-state index in [0.29, 0.717) is 17.1 Å². The zero-order chi connectivity index (χ0) is 7.68. The average molecular weight is 156 g/mol. The van der Waals surface area contributed by atoms with Crippen molar-refractivity contribution in [2.24, 2.45) is 0 Å². The highest BCUT2D eigenvalue weighted by molar-refractivity contribution is 4.83. The molecule has 2 fully saturated rings. The van der Waals surface area contributed by atoms with E-state index in [1.807, 2.05) is 0 Å². The third-order valence-corrected chi connectivity index (χ3v) is 2.94. The summed E-state index contributed by atoms with van der Waals surface area (Å²) in [5.41, 5.74) is 0. The molecule has 11 heavy (non-hydrogen) atoms. The van der Waals surface area contributed by atoms with Gasteiger partial charge in [0.05, 0.1) is 12.6 Å². The highest BCUT2D eigenvalue weighted by Gasteiger charge is 2.32. The topological polar surface area (TPSA) is 39.5 Å². The Labute approximate surface area is 67.3 Å². The van der Waals surface area contributed by atoms with Gasteiger partial charge in [-0.15, -0.1) is 0 Å². The van der Waals surface area contributed by atoms with E-state index in [4.69, 9.17) is 0 Å². The Bertz CT molecular complexity index is 138. The molecule has 2 N–H and O–H groups in total. The molecule has 2 rings (SSSR count). The smallest absolute Gasteiger partial charge is 0.103 e. The minimum absolute atomic E-state index is 0.373. The summed E-state index contributed by atoms with van der Waals surface area (Å²) in [6.45, 7) is 1.96. The Kier molecular flexibility index (Phi) is 2.11. The van der Waals surface area contributed by atoms with Crippen LogP contribution in [-0.4, -0.2) is 25.2 Å². The number of piperidine rings is 2. The van der Waals surface area contributed by atoms with Crippen molar-refractivity contribution in [3.05, 3.63) is 5.21 Å². The van der Waals surface area contributed by atoms with Gasteiger partial charge in [0.2, 0.25) is 0 Å². The van der Waals surface area contributed by atoms with Gasteiger partial charge in [-0.25, -0.2) is 0 Å². The molecule has 0 radical (unpaired) electrons. The molecular formula is C8H16N2O. The molecule has 2 heterocycles. The van der Waals surface area contributed by atoms with Crippen LogP contribution < -0.4 is 10.4 Å². The van der Waals surface area contributed by atoms with Crippen LogP contribution in [0.5, 0.6) is 0 Å². The van der Waals surface area contributed by atoms with Crippen molar-refractivity contribution < 1.29 is 5.06 Å². The number of hydroxylamine groups is 2. The van der Waals surface area contributed by atoms with E-state index in [2.05, 4.69) is 5.32 Å². The molecule has 2 saturated heterocycles. The Hall–Kier alpha value is -0.120. The second-order valence-electron chi connectivity index (χ2n) is 3.67. The average Bonchev–Trinajstić information content (AvgIpc) is 2.06. The number of fused-ring (bicyclic) bond motifs is 1. The monoisotopic (exact) mass is 156 g/mol. The van der Waals surface area contributed by atoms with Crippen LogP contribution in [0.1, 0.15) is 25.7 Å². The number of hydrogen-bond acceptors (Lipinski definition) is 2. The molecule has 0 saturated carbocycles. The molecule has 2 aliphatic heterocycles. The molecule has 3 atom stereocenters. The molecule has 3 unspecified atom stereocenters. The molecule has 3 nitrogen and oxygen atoms in total. The summed E-state index contributed by atoms with van der Waals surface area (Å²) in [6, 6.07) is 0.905. The van der Waals surface area contributed by atoms with Crippen LogP contribution in [0.4, 0.5) is 0 Å². The van der Waals surface area contributed by atoms with Crippen molar-refractivity contribution in [2.45, 2.75) is 37.8 Å². The van der Waals surface area contributed by atoms with Gasteiger partial charge in [0, 0.05) is 6.42 Å².